The van der Waals surface area contributed by atoms with Crippen LogP contribution >= 0.6 is 0 Å². The maximum atomic E-state index is 11.7. The molecule has 0 amide bonds. The molecule has 3 rings (SSSR count). The lowest BCUT2D eigenvalue weighted by Gasteiger charge is -2.10. The minimum Gasteiger partial charge on any atom is -0.336 e. The lowest BCUT2D eigenvalue weighted by Crippen LogP contribution is -2.19. The first-order valence-corrected chi connectivity index (χ1v) is 7.16. The smallest absolute Gasteiger partial charge is 0.332 e. The van der Waals surface area contributed by atoms with Crippen molar-refractivity contribution < 1.29 is 14.6 Å². The second-order valence-corrected chi connectivity index (χ2v) is 5.01. The topological polar surface area (TPSA) is 74.4 Å². The average Bonchev–Trinajstić information content (AvgIpc) is 2.93. The van der Waals surface area contributed by atoms with E-state index >= 15 is 0 Å². The standard InChI is InChI=1S/C17H14N2O4/c1-2-17(20)23-18-15-9-8-14(19(21)22)10-13(15)11-16(18)12-6-4-3-5-7-12/h3-11H,2H2,1H3. The average molecular weight is 310 g/mol. The van der Waals surface area contributed by atoms with Crippen molar-refractivity contribution in [2.24, 2.45) is 0 Å². The van der Waals surface area contributed by atoms with Gasteiger partial charge >= 0.3 is 5.97 Å². The van der Waals surface area contributed by atoms with Gasteiger partial charge in [0.05, 0.1) is 16.1 Å². The van der Waals surface area contributed by atoms with Gasteiger partial charge in [-0.05, 0) is 12.1 Å². The lowest BCUT2D eigenvalue weighted by atomic mass is 10.1. The van der Waals surface area contributed by atoms with E-state index in [-0.39, 0.29) is 18.1 Å². The van der Waals surface area contributed by atoms with Gasteiger partial charge < -0.3 is 4.84 Å². The van der Waals surface area contributed by atoms with E-state index in [1.54, 1.807) is 19.1 Å². The largest absolute Gasteiger partial charge is 0.336 e. The minimum absolute atomic E-state index is 0.00363. The summed E-state index contributed by atoms with van der Waals surface area (Å²) in [5, 5.41) is 11.6. The highest BCUT2D eigenvalue weighted by Crippen LogP contribution is 2.29. The van der Waals surface area contributed by atoms with E-state index in [4.69, 9.17) is 4.84 Å². The number of nitro benzene ring substituents is 1. The molecular formula is C17H14N2O4. The van der Waals surface area contributed by atoms with Crippen molar-refractivity contribution in [2.45, 2.75) is 13.3 Å². The molecule has 0 aliphatic carbocycles. The van der Waals surface area contributed by atoms with Crippen LogP contribution in [0.1, 0.15) is 13.3 Å². The molecule has 6 heteroatoms. The van der Waals surface area contributed by atoms with Crippen LogP contribution in [0.2, 0.25) is 0 Å². The van der Waals surface area contributed by atoms with Gasteiger partial charge in [0.2, 0.25) is 0 Å². The summed E-state index contributed by atoms with van der Waals surface area (Å²) in [5.41, 5.74) is 2.13. The molecule has 1 heterocycles. The fourth-order valence-corrected chi connectivity index (χ4v) is 2.37. The molecule has 0 spiro atoms. The number of non-ortho nitro benzene ring substituents is 1. The van der Waals surface area contributed by atoms with Gasteiger partial charge in [0.1, 0.15) is 0 Å². The third-order valence-electron chi connectivity index (χ3n) is 3.50. The van der Waals surface area contributed by atoms with Crippen molar-refractivity contribution >= 4 is 22.6 Å². The summed E-state index contributed by atoms with van der Waals surface area (Å²) in [5.74, 6) is -0.377. The summed E-state index contributed by atoms with van der Waals surface area (Å²) in [6, 6.07) is 15.6. The van der Waals surface area contributed by atoms with Crippen molar-refractivity contribution in [3.63, 3.8) is 0 Å². The fourth-order valence-electron chi connectivity index (χ4n) is 2.37. The number of hydrogen-bond donors (Lipinski definition) is 0. The van der Waals surface area contributed by atoms with Crippen LogP contribution < -0.4 is 4.84 Å². The third-order valence-corrected chi connectivity index (χ3v) is 3.50. The van der Waals surface area contributed by atoms with Crippen LogP contribution in [0.5, 0.6) is 0 Å². The van der Waals surface area contributed by atoms with Gasteiger partial charge in [-0.15, -0.1) is 0 Å². The number of benzene rings is 2. The molecule has 23 heavy (non-hydrogen) atoms. The Kier molecular flexibility index (Phi) is 3.80. The number of fused-ring (bicyclic) bond motifs is 1. The van der Waals surface area contributed by atoms with Gasteiger partial charge in [0.25, 0.3) is 5.69 Å². The van der Waals surface area contributed by atoms with Gasteiger partial charge in [-0.25, -0.2) is 4.79 Å². The quantitative estimate of drug-likeness (QED) is 0.545. The number of rotatable bonds is 4. The first kappa shape index (κ1) is 14.8. The summed E-state index contributed by atoms with van der Waals surface area (Å²) >= 11 is 0. The van der Waals surface area contributed by atoms with Crippen molar-refractivity contribution in [1.82, 2.24) is 4.73 Å². The number of nitrogens with zero attached hydrogens (tertiary/aromatic N) is 2. The molecule has 0 aliphatic rings. The van der Waals surface area contributed by atoms with E-state index in [9.17, 15) is 14.9 Å². The van der Waals surface area contributed by atoms with E-state index in [2.05, 4.69) is 0 Å². The Hall–Kier alpha value is -3.15. The van der Waals surface area contributed by atoms with E-state index in [1.165, 1.54) is 16.9 Å². The van der Waals surface area contributed by atoms with Crippen LogP contribution in [0.25, 0.3) is 22.2 Å². The molecule has 0 unspecified atom stereocenters. The number of aromatic nitrogens is 1. The molecule has 1 aromatic heterocycles. The van der Waals surface area contributed by atoms with Crippen LogP contribution in [0.4, 0.5) is 5.69 Å². The van der Waals surface area contributed by atoms with E-state index in [0.717, 1.165) is 5.56 Å². The van der Waals surface area contributed by atoms with Crippen LogP contribution in [-0.2, 0) is 4.79 Å². The summed E-state index contributed by atoms with van der Waals surface area (Å²) in [4.78, 5) is 27.6. The molecular weight excluding hydrogens is 296 g/mol. The molecule has 0 saturated heterocycles. The zero-order valence-electron chi connectivity index (χ0n) is 12.4. The summed E-state index contributed by atoms with van der Waals surface area (Å²) in [6.45, 7) is 1.71. The predicted octanol–water partition coefficient (Wildman–Crippen LogP) is 3.58. The maximum Gasteiger partial charge on any atom is 0.332 e. The van der Waals surface area contributed by atoms with Crippen molar-refractivity contribution in [3.8, 4) is 11.3 Å². The molecule has 0 aliphatic heterocycles. The number of carbonyl (C=O) groups excluding carboxylic acids is 1. The van der Waals surface area contributed by atoms with E-state index < -0.39 is 4.92 Å². The van der Waals surface area contributed by atoms with Gasteiger partial charge in [-0.3, -0.25) is 10.1 Å². The summed E-state index contributed by atoms with van der Waals surface area (Å²) in [6.07, 6.45) is 0.237. The van der Waals surface area contributed by atoms with Crippen LogP contribution in [-0.4, -0.2) is 15.6 Å². The van der Waals surface area contributed by atoms with Gasteiger partial charge in [-0.1, -0.05) is 37.3 Å². The fraction of sp³-hybridized carbons (Fsp3) is 0.118. The molecule has 0 bridgehead atoms. The van der Waals surface area contributed by atoms with Crippen molar-refractivity contribution in [2.75, 3.05) is 0 Å². The predicted molar refractivity (Wildman–Crippen MR) is 85.9 cm³/mol. The monoisotopic (exact) mass is 310 g/mol. The van der Waals surface area contributed by atoms with Crippen molar-refractivity contribution in [1.29, 1.82) is 0 Å². The van der Waals surface area contributed by atoms with Gasteiger partial charge in [0, 0.05) is 29.5 Å². The third kappa shape index (κ3) is 2.78. The summed E-state index contributed by atoms with van der Waals surface area (Å²) in [7, 11) is 0. The Labute approximate surface area is 132 Å². The molecule has 0 N–H and O–H groups in total. The van der Waals surface area contributed by atoms with Gasteiger partial charge in [0.15, 0.2) is 0 Å². The normalized spacial score (nSPS) is 10.7. The Morgan fingerprint density at radius 2 is 1.91 bits per heavy atom. The molecule has 6 nitrogen and oxygen atoms in total. The Morgan fingerprint density at radius 3 is 2.57 bits per heavy atom. The zero-order valence-corrected chi connectivity index (χ0v) is 12.4. The lowest BCUT2D eigenvalue weighted by molar-refractivity contribution is -0.384. The number of nitro groups is 1. The van der Waals surface area contributed by atoms with E-state index in [0.29, 0.717) is 16.6 Å². The van der Waals surface area contributed by atoms with Crippen LogP contribution in [0, 0.1) is 10.1 Å². The van der Waals surface area contributed by atoms with Gasteiger partial charge in [-0.2, -0.15) is 4.73 Å². The highest BCUT2D eigenvalue weighted by molar-refractivity contribution is 5.89. The molecule has 0 saturated carbocycles. The second kappa shape index (κ2) is 5.92. The first-order chi connectivity index (χ1) is 11.1. The Bertz CT molecular complexity index is 884. The molecule has 0 fully saturated rings. The summed E-state index contributed by atoms with van der Waals surface area (Å²) < 4.78 is 1.43. The maximum absolute atomic E-state index is 11.7. The Balaban J connectivity index is 2.22. The highest BCUT2D eigenvalue weighted by atomic mass is 16.7. The zero-order chi connectivity index (χ0) is 16.4. The molecule has 116 valence electrons. The molecule has 3 aromatic rings. The van der Waals surface area contributed by atoms with Crippen molar-refractivity contribution in [3.05, 3.63) is 64.7 Å². The number of hydrogen-bond acceptors (Lipinski definition) is 4. The Morgan fingerprint density at radius 1 is 1.17 bits per heavy atom. The van der Waals surface area contributed by atoms with Crippen LogP contribution in [0.3, 0.4) is 0 Å². The SMILES string of the molecule is CCC(=O)On1c(-c2ccccc2)cc2cc([N+](=O)[O-])ccc21. The first-order valence-electron chi connectivity index (χ1n) is 7.16. The molecule has 2 aromatic carbocycles. The minimum atomic E-state index is -0.447. The molecule has 0 radical (unpaired) electrons. The van der Waals surface area contributed by atoms with E-state index in [1.807, 2.05) is 30.3 Å². The molecule has 0 atom stereocenters. The number of carbonyl (C=O) groups is 1. The second-order valence-electron chi connectivity index (χ2n) is 5.01. The highest BCUT2D eigenvalue weighted by Gasteiger charge is 2.16. The van der Waals surface area contributed by atoms with Crippen LogP contribution in [0.15, 0.2) is 54.6 Å².